The Hall–Kier alpha value is -0.370. The van der Waals surface area contributed by atoms with Gasteiger partial charge in [0.15, 0.2) is 0 Å². The molecule has 2 heteroatoms. The van der Waals surface area contributed by atoms with E-state index in [1.807, 2.05) is 0 Å². The third kappa shape index (κ3) is 1.81. The highest BCUT2D eigenvalue weighted by molar-refractivity contribution is 9.09. The lowest BCUT2D eigenvalue weighted by atomic mass is 10.2. The van der Waals surface area contributed by atoms with Gasteiger partial charge in [-0.1, -0.05) is 34.1 Å². The van der Waals surface area contributed by atoms with Gasteiger partial charge >= 0.3 is 0 Å². The average Bonchev–Trinajstić information content (AvgIpc) is 1.94. The quantitative estimate of drug-likeness (QED) is 0.646. The van der Waals surface area contributed by atoms with Crippen molar-refractivity contribution in [2.75, 3.05) is 5.33 Å². The maximum atomic E-state index is 12.7. The molecular formula is C8H7BrF. The fourth-order valence-corrected chi connectivity index (χ4v) is 1.17. The summed E-state index contributed by atoms with van der Waals surface area (Å²) in [4.78, 5) is 0. The van der Waals surface area contributed by atoms with Gasteiger partial charge in [0.2, 0.25) is 0 Å². The minimum atomic E-state index is -0.234. The molecule has 0 saturated heterocycles. The molecule has 0 nitrogen and oxygen atoms in total. The fourth-order valence-electron chi connectivity index (χ4n) is 0.746. The number of hydrogen-bond acceptors (Lipinski definition) is 0. The standard InChI is InChI=1S/C8H7BrF/c9-6-5-7-3-1-2-4-8(7)10/h1-3H,5-6H2. The zero-order chi connectivity index (χ0) is 7.40. The van der Waals surface area contributed by atoms with Crippen LogP contribution in [0.5, 0.6) is 0 Å². The van der Waals surface area contributed by atoms with Crippen LogP contribution >= 0.6 is 15.9 Å². The Kier molecular flexibility index (Phi) is 2.87. The summed E-state index contributed by atoms with van der Waals surface area (Å²) < 4.78 is 12.7. The molecule has 0 aliphatic rings. The van der Waals surface area contributed by atoms with Crippen molar-refractivity contribution in [2.45, 2.75) is 6.42 Å². The minimum Gasteiger partial charge on any atom is -0.206 e. The SMILES string of the molecule is Fc1[c]cccc1CCBr. The number of aryl methyl sites for hydroxylation is 1. The Balaban J connectivity index is 2.81. The minimum absolute atomic E-state index is 0.234. The van der Waals surface area contributed by atoms with Crippen LogP contribution in [-0.2, 0) is 6.42 Å². The molecule has 0 amide bonds. The normalized spacial score (nSPS) is 9.80. The first-order valence-corrected chi connectivity index (χ1v) is 4.18. The zero-order valence-electron chi connectivity index (χ0n) is 5.40. The van der Waals surface area contributed by atoms with Crippen LogP contribution in [0, 0.1) is 11.9 Å². The maximum Gasteiger partial charge on any atom is 0.134 e. The largest absolute Gasteiger partial charge is 0.206 e. The lowest BCUT2D eigenvalue weighted by Crippen LogP contribution is -1.89. The molecule has 1 rings (SSSR count). The van der Waals surface area contributed by atoms with E-state index in [1.54, 1.807) is 18.2 Å². The van der Waals surface area contributed by atoms with E-state index < -0.39 is 0 Å². The van der Waals surface area contributed by atoms with Crippen molar-refractivity contribution in [3.05, 3.63) is 35.6 Å². The number of alkyl halides is 1. The van der Waals surface area contributed by atoms with Gasteiger partial charge in [-0.2, -0.15) is 0 Å². The van der Waals surface area contributed by atoms with Gasteiger partial charge in [0.25, 0.3) is 0 Å². The van der Waals surface area contributed by atoms with Crippen LogP contribution in [0.1, 0.15) is 5.56 Å². The van der Waals surface area contributed by atoms with Crippen molar-refractivity contribution >= 4 is 15.9 Å². The Morgan fingerprint density at radius 3 is 3.00 bits per heavy atom. The Bertz CT molecular complexity index is 210. The monoisotopic (exact) mass is 201 g/mol. The van der Waals surface area contributed by atoms with Gasteiger partial charge in [0.1, 0.15) is 5.82 Å². The van der Waals surface area contributed by atoms with E-state index in [2.05, 4.69) is 22.0 Å². The molecule has 0 unspecified atom stereocenters. The highest BCUT2D eigenvalue weighted by Crippen LogP contribution is 2.06. The average molecular weight is 202 g/mol. The molecular weight excluding hydrogens is 195 g/mol. The summed E-state index contributed by atoms with van der Waals surface area (Å²) in [6.45, 7) is 0. The van der Waals surface area contributed by atoms with Gasteiger partial charge in [-0.3, -0.25) is 0 Å². The third-order valence-corrected chi connectivity index (χ3v) is 1.65. The first-order chi connectivity index (χ1) is 4.84. The molecule has 1 radical (unpaired) electrons. The topological polar surface area (TPSA) is 0 Å². The van der Waals surface area contributed by atoms with Gasteiger partial charge in [0.05, 0.1) is 0 Å². The molecule has 0 saturated carbocycles. The lowest BCUT2D eigenvalue weighted by Gasteiger charge is -1.96. The van der Waals surface area contributed by atoms with E-state index in [0.717, 1.165) is 17.3 Å². The highest BCUT2D eigenvalue weighted by Gasteiger charge is 1.97. The second kappa shape index (κ2) is 3.71. The van der Waals surface area contributed by atoms with Crippen LogP contribution in [0.2, 0.25) is 0 Å². The van der Waals surface area contributed by atoms with E-state index in [4.69, 9.17) is 0 Å². The molecule has 10 heavy (non-hydrogen) atoms. The van der Waals surface area contributed by atoms with Crippen LogP contribution in [-0.4, -0.2) is 5.33 Å². The van der Waals surface area contributed by atoms with Crippen molar-refractivity contribution < 1.29 is 4.39 Å². The predicted octanol–water partition coefficient (Wildman–Crippen LogP) is 2.56. The molecule has 0 aliphatic heterocycles. The summed E-state index contributed by atoms with van der Waals surface area (Å²) >= 11 is 3.24. The van der Waals surface area contributed by atoms with Crippen molar-refractivity contribution in [3.63, 3.8) is 0 Å². The number of halogens is 2. The molecule has 53 valence electrons. The van der Waals surface area contributed by atoms with Crippen molar-refractivity contribution in [2.24, 2.45) is 0 Å². The van der Waals surface area contributed by atoms with Gasteiger partial charge in [0, 0.05) is 11.4 Å². The number of benzene rings is 1. The van der Waals surface area contributed by atoms with E-state index in [-0.39, 0.29) is 5.82 Å². The van der Waals surface area contributed by atoms with E-state index in [9.17, 15) is 4.39 Å². The molecule has 0 bridgehead atoms. The second-order valence-electron chi connectivity index (χ2n) is 1.95. The molecule has 1 aromatic rings. The molecule has 0 aromatic heterocycles. The number of hydrogen-bond donors (Lipinski definition) is 0. The summed E-state index contributed by atoms with van der Waals surface area (Å²) in [6, 6.07) is 7.64. The van der Waals surface area contributed by atoms with Crippen molar-refractivity contribution in [1.29, 1.82) is 0 Å². The third-order valence-electron chi connectivity index (χ3n) is 1.25. The van der Waals surface area contributed by atoms with Crippen molar-refractivity contribution in [1.82, 2.24) is 0 Å². The Morgan fingerprint density at radius 2 is 2.40 bits per heavy atom. The van der Waals surface area contributed by atoms with Crippen molar-refractivity contribution in [3.8, 4) is 0 Å². The van der Waals surface area contributed by atoms with Crippen LogP contribution in [0.15, 0.2) is 18.2 Å². The molecule has 1 aromatic carbocycles. The van der Waals surface area contributed by atoms with E-state index in [0.29, 0.717) is 0 Å². The first-order valence-electron chi connectivity index (χ1n) is 3.05. The van der Waals surface area contributed by atoms with E-state index >= 15 is 0 Å². The van der Waals surface area contributed by atoms with E-state index in [1.165, 1.54) is 0 Å². The Morgan fingerprint density at radius 1 is 1.60 bits per heavy atom. The first kappa shape index (κ1) is 7.73. The molecule has 0 aliphatic carbocycles. The van der Waals surface area contributed by atoms with Crippen LogP contribution in [0.25, 0.3) is 0 Å². The highest BCUT2D eigenvalue weighted by atomic mass is 79.9. The molecule has 0 fully saturated rings. The zero-order valence-corrected chi connectivity index (χ0v) is 6.99. The molecule has 0 N–H and O–H groups in total. The predicted molar refractivity (Wildman–Crippen MR) is 42.7 cm³/mol. The smallest absolute Gasteiger partial charge is 0.134 e. The molecule has 0 heterocycles. The van der Waals surface area contributed by atoms with Gasteiger partial charge in [-0.25, -0.2) is 4.39 Å². The van der Waals surface area contributed by atoms with Gasteiger partial charge in [-0.15, -0.1) is 0 Å². The van der Waals surface area contributed by atoms with Gasteiger partial charge in [-0.05, 0) is 12.0 Å². The van der Waals surface area contributed by atoms with Crippen LogP contribution < -0.4 is 0 Å². The van der Waals surface area contributed by atoms with Gasteiger partial charge < -0.3 is 0 Å². The second-order valence-corrected chi connectivity index (χ2v) is 2.74. The summed E-state index contributed by atoms with van der Waals surface area (Å²) in [7, 11) is 0. The maximum absolute atomic E-state index is 12.7. The summed E-state index contributed by atoms with van der Waals surface area (Å²) in [5.74, 6) is -0.234. The summed E-state index contributed by atoms with van der Waals surface area (Å²) in [6.07, 6.45) is 0.725. The Labute approximate surface area is 68.2 Å². The van der Waals surface area contributed by atoms with Crippen LogP contribution in [0.3, 0.4) is 0 Å². The fraction of sp³-hybridized carbons (Fsp3) is 0.250. The lowest BCUT2D eigenvalue weighted by molar-refractivity contribution is 0.610. The molecule has 0 spiro atoms. The number of rotatable bonds is 2. The molecule has 0 atom stereocenters. The van der Waals surface area contributed by atoms with Crippen LogP contribution in [0.4, 0.5) is 4.39 Å². The summed E-state index contributed by atoms with van der Waals surface area (Å²) in [5.41, 5.74) is 0.722. The summed E-state index contributed by atoms with van der Waals surface area (Å²) in [5, 5.41) is 0.793.